The molecule has 2 aromatic rings. The van der Waals surface area contributed by atoms with Gasteiger partial charge in [-0.05, 0) is 41.8 Å². The van der Waals surface area contributed by atoms with Crippen LogP contribution in [-0.2, 0) is 6.42 Å². The fourth-order valence-electron chi connectivity index (χ4n) is 2.26. The minimum absolute atomic E-state index is 0.793. The minimum Gasteiger partial charge on any atom is -0.496 e. The second kappa shape index (κ2) is 7.76. The lowest BCUT2D eigenvalue weighted by Gasteiger charge is -2.12. The van der Waals surface area contributed by atoms with E-state index in [9.17, 15) is 0 Å². The molecule has 0 bridgehead atoms. The van der Waals surface area contributed by atoms with Gasteiger partial charge in [0.1, 0.15) is 11.5 Å². The Kier molecular flexibility index (Phi) is 5.73. The lowest BCUT2D eigenvalue weighted by atomic mass is 10.0. The molecule has 0 amide bonds. The van der Waals surface area contributed by atoms with Crippen molar-refractivity contribution < 1.29 is 9.47 Å². The van der Waals surface area contributed by atoms with Gasteiger partial charge in [-0.1, -0.05) is 49.5 Å². The van der Waals surface area contributed by atoms with Crippen LogP contribution < -0.4 is 9.47 Å². The van der Waals surface area contributed by atoms with E-state index >= 15 is 0 Å². The summed E-state index contributed by atoms with van der Waals surface area (Å²) in [6.07, 6.45) is 4.79. The van der Waals surface area contributed by atoms with Crippen LogP contribution in [0.1, 0.15) is 23.6 Å². The number of thiocarbonyl (C=S) groups is 1. The predicted octanol–water partition coefficient (Wildman–Crippen LogP) is 4.70. The van der Waals surface area contributed by atoms with Gasteiger partial charge in [0, 0.05) is 10.4 Å². The summed E-state index contributed by atoms with van der Waals surface area (Å²) in [6, 6.07) is 14.0. The van der Waals surface area contributed by atoms with Crippen molar-refractivity contribution >= 4 is 23.2 Å². The number of benzene rings is 2. The van der Waals surface area contributed by atoms with Crippen LogP contribution in [0, 0.1) is 0 Å². The molecule has 2 rings (SSSR count). The Balaban J connectivity index is 2.32. The van der Waals surface area contributed by atoms with Crippen molar-refractivity contribution in [1.82, 2.24) is 0 Å². The van der Waals surface area contributed by atoms with E-state index in [1.807, 2.05) is 54.6 Å². The molecule has 114 valence electrons. The van der Waals surface area contributed by atoms with Crippen LogP contribution >= 0.6 is 12.2 Å². The number of methoxy groups -OCH3 is 2. The first-order chi connectivity index (χ1) is 10.7. The maximum atomic E-state index is 5.48. The molecule has 3 heteroatoms. The Bertz CT molecular complexity index is 675. The number of ether oxygens (including phenoxy) is 2. The van der Waals surface area contributed by atoms with Crippen molar-refractivity contribution in [2.24, 2.45) is 0 Å². The molecule has 0 radical (unpaired) electrons. The zero-order valence-corrected chi connectivity index (χ0v) is 13.9. The molecular formula is C19H20O2S. The maximum absolute atomic E-state index is 5.48. The zero-order valence-electron chi connectivity index (χ0n) is 13.1. The smallest absolute Gasteiger partial charge is 0.126 e. The Hall–Kier alpha value is -2.13. The highest BCUT2D eigenvalue weighted by Gasteiger charge is 2.08. The van der Waals surface area contributed by atoms with E-state index in [0.29, 0.717) is 0 Å². The van der Waals surface area contributed by atoms with Gasteiger partial charge in [-0.2, -0.15) is 0 Å². The first-order valence-electron chi connectivity index (χ1n) is 7.22. The van der Waals surface area contributed by atoms with Crippen molar-refractivity contribution in [3.05, 3.63) is 65.2 Å². The average molecular weight is 312 g/mol. The molecule has 0 aliphatic heterocycles. The van der Waals surface area contributed by atoms with Gasteiger partial charge in [0.05, 0.1) is 14.2 Å². The third-order valence-corrected chi connectivity index (χ3v) is 3.86. The molecule has 0 N–H and O–H groups in total. The van der Waals surface area contributed by atoms with E-state index in [0.717, 1.165) is 39.5 Å². The second-order valence-electron chi connectivity index (χ2n) is 4.82. The lowest BCUT2D eigenvalue weighted by molar-refractivity contribution is 0.398. The van der Waals surface area contributed by atoms with Gasteiger partial charge < -0.3 is 9.47 Å². The molecular weight excluding hydrogens is 292 g/mol. The minimum atomic E-state index is 0.793. The topological polar surface area (TPSA) is 18.5 Å². The number of hydrogen-bond acceptors (Lipinski definition) is 3. The largest absolute Gasteiger partial charge is 0.496 e. The average Bonchev–Trinajstić information content (AvgIpc) is 2.59. The van der Waals surface area contributed by atoms with Crippen LogP contribution in [0.2, 0.25) is 0 Å². The van der Waals surface area contributed by atoms with Gasteiger partial charge in [-0.15, -0.1) is 0 Å². The summed E-state index contributed by atoms with van der Waals surface area (Å²) in [5.74, 6) is 1.69. The lowest BCUT2D eigenvalue weighted by Crippen LogP contribution is -1.96. The summed E-state index contributed by atoms with van der Waals surface area (Å²) in [4.78, 5) is 0.793. The summed E-state index contributed by atoms with van der Waals surface area (Å²) >= 11 is 5.45. The third kappa shape index (κ3) is 3.74. The Morgan fingerprint density at radius 2 is 1.73 bits per heavy atom. The molecule has 0 atom stereocenters. The SMILES string of the molecule is CCc1cc(OC)c(C=CC(=S)c2ccccc2)cc1OC. The van der Waals surface area contributed by atoms with Crippen molar-refractivity contribution in [1.29, 1.82) is 0 Å². The van der Waals surface area contributed by atoms with Crippen molar-refractivity contribution in [2.75, 3.05) is 14.2 Å². The van der Waals surface area contributed by atoms with Crippen LogP contribution in [-0.4, -0.2) is 19.1 Å². The molecule has 0 spiro atoms. The highest BCUT2D eigenvalue weighted by atomic mass is 32.1. The van der Waals surface area contributed by atoms with E-state index in [1.165, 1.54) is 0 Å². The van der Waals surface area contributed by atoms with E-state index < -0.39 is 0 Å². The van der Waals surface area contributed by atoms with Gasteiger partial charge in [-0.3, -0.25) is 0 Å². The summed E-state index contributed by atoms with van der Waals surface area (Å²) in [7, 11) is 3.36. The standard InChI is InChI=1S/C19H20O2S/c1-4-14-12-18(21-3)16(13-17(14)20-2)10-11-19(22)15-8-6-5-7-9-15/h5-13H,4H2,1-3H3. The molecule has 0 aliphatic carbocycles. The first kappa shape index (κ1) is 16.2. The van der Waals surface area contributed by atoms with E-state index in [-0.39, 0.29) is 0 Å². The zero-order chi connectivity index (χ0) is 15.9. The fourth-order valence-corrected chi connectivity index (χ4v) is 2.46. The molecule has 2 aromatic carbocycles. The number of hydrogen-bond donors (Lipinski definition) is 0. The van der Waals surface area contributed by atoms with E-state index in [2.05, 4.69) is 6.92 Å². The first-order valence-corrected chi connectivity index (χ1v) is 7.62. The number of aryl methyl sites for hydroxylation is 1. The maximum Gasteiger partial charge on any atom is 0.126 e. The predicted molar refractivity (Wildman–Crippen MR) is 96.1 cm³/mol. The Morgan fingerprint density at radius 1 is 1.05 bits per heavy atom. The summed E-state index contributed by atoms with van der Waals surface area (Å²) < 4.78 is 10.9. The van der Waals surface area contributed by atoms with Gasteiger partial charge in [0.15, 0.2) is 0 Å². The van der Waals surface area contributed by atoms with Gasteiger partial charge >= 0.3 is 0 Å². The van der Waals surface area contributed by atoms with Crippen LogP contribution in [0.25, 0.3) is 6.08 Å². The van der Waals surface area contributed by atoms with Gasteiger partial charge in [0.2, 0.25) is 0 Å². The van der Waals surface area contributed by atoms with Gasteiger partial charge in [0.25, 0.3) is 0 Å². The molecule has 0 heterocycles. The van der Waals surface area contributed by atoms with Crippen LogP contribution in [0.15, 0.2) is 48.5 Å². The number of rotatable bonds is 6. The molecule has 0 unspecified atom stereocenters. The summed E-state index contributed by atoms with van der Waals surface area (Å²) in [5.41, 5.74) is 3.11. The highest BCUT2D eigenvalue weighted by Crippen LogP contribution is 2.30. The monoisotopic (exact) mass is 312 g/mol. The molecule has 0 aliphatic rings. The number of allylic oxidation sites excluding steroid dienone is 1. The van der Waals surface area contributed by atoms with Crippen LogP contribution in [0.4, 0.5) is 0 Å². The fraction of sp³-hybridized carbons (Fsp3) is 0.211. The van der Waals surface area contributed by atoms with Crippen molar-refractivity contribution in [2.45, 2.75) is 13.3 Å². The molecule has 0 saturated heterocycles. The molecule has 0 fully saturated rings. The molecule has 2 nitrogen and oxygen atoms in total. The molecule has 0 aromatic heterocycles. The normalized spacial score (nSPS) is 10.7. The van der Waals surface area contributed by atoms with Gasteiger partial charge in [-0.25, -0.2) is 0 Å². The Morgan fingerprint density at radius 3 is 2.32 bits per heavy atom. The summed E-state index contributed by atoms with van der Waals surface area (Å²) in [6.45, 7) is 2.09. The summed E-state index contributed by atoms with van der Waals surface area (Å²) in [5, 5.41) is 0. The van der Waals surface area contributed by atoms with E-state index in [1.54, 1.807) is 14.2 Å². The quantitative estimate of drug-likeness (QED) is 0.438. The molecule has 22 heavy (non-hydrogen) atoms. The van der Waals surface area contributed by atoms with E-state index in [4.69, 9.17) is 21.7 Å². The van der Waals surface area contributed by atoms with Crippen molar-refractivity contribution in [3.63, 3.8) is 0 Å². The van der Waals surface area contributed by atoms with Crippen LogP contribution in [0.5, 0.6) is 11.5 Å². The van der Waals surface area contributed by atoms with Crippen LogP contribution in [0.3, 0.4) is 0 Å². The highest BCUT2D eigenvalue weighted by molar-refractivity contribution is 7.81. The second-order valence-corrected chi connectivity index (χ2v) is 5.26. The molecule has 0 saturated carbocycles. The third-order valence-electron chi connectivity index (χ3n) is 3.49. The van der Waals surface area contributed by atoms with Crippen molar-refractivity contribution in [3.8, 4) is 11.5 Å². The Labute approximate surface area is 137 Å².